The normalized spacial score (nSPS) is 32.4. The molecule has 1 heterocycles. The van der Waals surface area contributed by atoms with Crippen molar-refractivity contribution in [3.05, 3.63) is 0 Å². The molecule has 1 amide bonds. The van der Waals surface area contributed by atoms with E-state index in [0.717, 1.165) is 58.2 Å². The van der Waals surface area contributed by atoms with Crippen molar-refractivity contribution in [1.82, 2.24) is 10.2 Å². The average molecular weight is 253 g/mol. The zero-order valence-electron chi connectivity index (χ0n) is 11.5. The van der Waals surface area contributed by atoms with Crippen molar-refractivity contribution in [2.75, 3.05) is 19.6 Å². The molecule has 1 saturated carbocycles. The number of rotatable bonds is 4. The Morgan fingerprint density at radius 1 is 1.39 bits per heavy atom. The van der Waals surface area contributed by atoms with Crippen LogP contribution in [0.25, 0.3) is 0 Å². The van der Waals surface area contributed by atoms with E-state index in [-0.39, 0.29) is 12.0 Å². The number of carbonyl (C=O) groups is 1. The highest BCUT2D eigenvalue weighted by atomic mass is 16.2. The zero-order valence-corrected chi connectivity index (χ0v) is 11.5. The van der Waals surface area contributed by atoms with E-state index in [1.807, 2.05) is 0 Å². The lowest BCUT2D eigenvalue weighted by Crippen LogP contribution is -2.47. The Hall–Kier alpha value is -0.610. The molecular formula is C14H27N3O. The van der Waals surface area contributed by atoms with Crippen molar-refractivity contribution in [1.29, 1.82) is 0 Å². The maximum atomic E-state index is 12.7. The van der Waals surface area contributed by atoms with E-state index >= 15 is 0 Å². The highest BCUT2D eigenvalue weighted by molar-refractivity contribution is 5.79. The van der Waals surface area contributed by atoms with Gasteiger partial charge in [-0.2, -0.15) is 0 Å². The second-order valence-electron chi connectivity index (χ2n) is 5.80. The van der Waals surface area contributed by atoms with Crippen LogP contribution in [0.2, 0.25) is 0 Å². The molecule has 2 aliphatic rings. The summed E-state index contributed by atoms with van der Waals surface area (Å²) in [4.78, 5) is 14.8. The molecule has 3 atom stereocenters. The Morgan fingerprint density at radius 3 is 2.83 bits per heavy atom. The van der Waals surface area contributed by atoms with Gasteiger partial charge in [-0.25, -0.2) is 0 Å². The van der Waals surface area contributed by atoms with Gasteiger partial charge >= 0.3 is 0 Å². The Bertz CT molecular complexity index is 276. The fourth-order valence-corrected chi connectivity index (χ4v) is 3.31. The smallest absolute Gasteiger partial charge is 0.226 e. The van der Waals surface area contributed by atoms with Gasteiger partial charge in [0.2, 0.25) is 5.91 Å². The number of nitrogens with one attached hydrogen (secondary N) is 1. The molecular weight excluding hydrogens is 226 g/mol. The highest BCUT2D eigenvalue weighted by Gasteiger charge is 2.32. The SMILES string of the molecule is CCCN(C(=O)C1CCCC(N)C1)C1CCNC1. The molecule has 2 fully saturated rings. The fraction of sp³-hybridized carbons (Fsp3) is 0.929. The van der Waals surface area contributed by atoms with Gasteiger partial charge in [-0.1, -0.05) is 13.3 Å². The summed E-state index contributed by atoms with van der Waals surface area (Å²) in [6.45, 7) is 5.05. The molecule has 2 rings (SSSR count). The first-order valence-corrected chi connectivity index (χ1v) is 7.49. The van der Waals surface area contributed by atoms with E-state index < -0.39 is 0 Å². The summed E-state index contributed by atoms with van der Waals surface area (Å²) in [5, 5.41) is 3.36. The summed E-state index contributed by atoms with van der Waals surface area (Å²) < 4.78 is 0. The molecule has 18 heavy (non-hydrogen) atoms. The molecule has 3 N–H and O–H groups in total. The Morgan fingerprint density at radius 2 is 2.22 bits per heavy atom. The second kappa shape index (κ2) is 6.53. The lowest BCUT2D eigenvalue weighted by molar-refractivity contribution is -0.138. The van der Waals surface area contributed by atoms with Gasteiger partial charge in [-0.3, -0.25) is 4.79 Å². The van der Waals surface area contributed by atoms with Crippen LogP contribution in [0.1, 0.15) is 45.4 Å². The van der Waals surface area contributed by atoms with E-state index in [4.69, 9.17) is 5.73 Å². The number of carbonyl (C=O) groups excluding carboxylic acids is 1. The van der Waals surface area contributed by atoms with E-state index in [1.54, 1.807) is 0 Å². The Labute approximate surface area is 110 Å². The average Bonchev–Trinajstić information content (AvgIpc) is 2.89. The molecule has 3 unspecified atom stereocenters. The van der Waals surface area contributed by atoms with Gasteiger partial charge in [0.15, 0.2) is 0 Å². The van der Waals surface area contributed by atoms with Gasteiger partial charge in [0.05, 0.1) is 0 Å². The van der Waals surface area contributed by atoms with Crippen LogP contribution < -0.4 is 11.1 Å². The largest absolute Gasteiger partial charge is 0.338 e. The highest BCUT2D eigenvalue weighted by Crippen LogP contribution is 2.26. The molecule has 4 nitrogen and oxygen atoms in total. The summed E-state index contributed by atoms with van der Waals surface area (Å²) in [5.74, 6) is 0.543. The number of nitrogens with two attached hydrogens (primary N) is 1. The van der Waals surface area contributed by atoms with Crippen LogP contribution in [0.5, 0.6) is 0 Å². The predicted octanol–water partition coefficient (Wildman–Crippen LogP) is 1.10. The minimum absolute atomic E-state index is 0.181. The second-order valence-corrected chi connectivity index (χ2v) is 5.80. The summed E-state index contributed by atoms with van der Waals surface area (Å²) in [6, 6.07) is 0.647. The Kier molecular flexibility index (Phi) is 5.01. The number of hydrogen-bond donors (Lipinski definition) is 2. The maximum Gasteiger partial charge on any atom is 0.226 e. The molecule has 0 aromatic rings. The third kappa shape index (κ3) is 3.23. The summed E-state index contributed by atoms with van der Waals surface area (Å²) in [6.07, 6.45) is 6.26. The number of hydrogen-bond acceptors (Lipinski definition) is 3. The van der Waals surface area contributed by atoms with Crippen LogP contribution in [-0.2, 0) is 4.79 Å². The van der Waals surface area contributed by atoms with Crippen molar-refractivity contribution >= 4 is 5.91 Å². The van der Waals surface area contributed by atoms with Gasteiger partial charge in [0, 0.05) is 31.1 Å². The zero-order chi connectivity index (χ0) is 13.0. The molecule has 0 aromatic carbocycles. The van der Waals surface area contributed by atoms with Crippen LogP contribution in [-0.4, -0.2) is 42.5 Å². The standard InChI is InChI=1S/C14H27N3O/c1-2-8-17(13-6-7-16-10-13)14(18)11-4-3-5-12(15)9-11/h11-13,16H,2-10,15H2,1H3. The first-order chi connectivity index (χ1) is 8.72. The number of amides is 1. The molecule has 104 valence electrons. The van der Waals surface area contributed by atoms with E-state index in [9.17, 15) is 4.79 Å². The van der Waals surface area contributed by atoms with Crippen LogP contribution in [0.4, 0.5) is 0 Å². The lowest BCUT2D eigenvalue weighted by atomic mass is 9.85. The predicted molar refractivity (Wildman–Crippen MR) is 73.2 cm³/mol. The van der Waals surface area contributed by atoms with E-state index in [0.29, 0.717) is 11.9 Å². The van der Waals surface area contributed by atoms with Crippen molar-refractivity contribution < 1.29 is 4.79 Å². The van der Waals surface area contributed by atoms with Crippen LogP contribution >= 0.6 is 0 Å². The van der Waals surface area contributed by atoms with Crippen molar-refractivity contribution in [3.63, 3.8) is 0 Å². The molecule has 0 spiro atoms. The topological polar surface area (TPSA) is 58.4 Å². The Balaban J connectivity index is 1.97. The van der Waals surface area contributed by atoms with Gasteiger partial charge in [-0.05, 0) is 38.6 Å². The third-order valence-corrected chi connectivity index (χ3v) is 4.29. The fourth-order valence-electron chi connectivity index (χ4n) is 3.31. The number of nitrogens with zero attached hydrogens (tertiary/aromatic N) is 1. The molecule has 0 bridgehead atoms. The van der Waals surface area contributed by atoms with Crippen LogP contribution in [0, 0.1) is 5.92 Å². The van der Waals surface area contributed by atoms with Gasteiger partial charge < -0.3 is 16.0 Å². The summed E-state index contributed by atoms with van der Waals surface area (Å²) in [5.41, 5.74) is 6.01. The minimum Gasteiger partial charge on any atom is -0.338 e. The first-order valence-electron chi connectivity index (χ1n) is 7.49. The molecule has 1 aliphatic carbocycles. The molecule has 4 heteroatoms. The van der Waals surface area contributed by atoms with Crippen molar-refractivity contribution in [2.24, 2.45) is 11.7 Å². The maximum absolute atomic E-state index is 12.7. The van der Waals surface area contributed by atoms with E-state index in [1.165, 1.54) is 0 Å². The molecule has 0 radical (unpaired) electrons. The van der Waals surface area contributed by atoms with Crippen molar-refractivity contribution in [3.8, 4) is 0 Å². The quantitative estimate of drug-likeness (QED) is 0.789. The first kappa shape index (κ1) is 13.8. The van der Waals surface area contributed by atoms with E-state index in [2.05, 4.69) is 17.1 Å². The van der Waals surface area contributed by atoms with Gasteiger partial charge in [0.25, 0.3) is 0 Å². The summed E-state index contributed by atoms with van der Waals surface area (Å²) >= 11 is 0. The van der Waals surface area contributed by atoms with Crippen LogP contribution in [0.15, 0.2) is 0 Å². The van der Waals surface area contributed by atoms with Crippen molar-refractivity contribution in [2.45, 2.75) is 57.5 Å². The minimum atomic E-state index is 0.181. The molecule has 0 aromatic heterocycles. The van der Waals surface area contributed by atoms with Gasteiger partial charge in [-0.15, -0.1) is 0 Å². The molecule has 1 saturated heterocycles. The molecule has 1 aliphatic heterocycles. The van der Waals surface area contributed by atoms with Gasteiger partial charge in [0.1, 0.15) is 0 Å². The van der Waals surface area contributed by atoms with Crippen LogP contribution in [0.3, 0.4) is 0 Å². The third-order valence-electron chi connectivity index (χ3n) is 4.29. The lowest BCUT2D eigenvalue weighted by Gasteiger charge is -2.34. The summed E-state index contributed by atoms with van der Waals surface area (Å²) in [7, 11) is 0. The monoisotopic (exact) mass is 253 g/mol.